The summed E-state index contributed by atoms with van der Waals surface area (Å²) in [5.74, 6) is 0.941. The maximum atomic E-state index is 12.6. The van der Waals surface area contributed by atoms with E-state index in [2.05, 4.69) is 17.3 Å². The fraction of sp³-hybridized carbons (Fsp3) is 0.417. The Kier molecular flexibility index (Phi) is 7.85. The van der Waals surface area contributed by atoms with Gasteiger partial charge in [0, 0.05) is 44.7 Å². The first-order valence-corrected chi connectivity index (χ1v) is 10.6. The molecule has 2 aromatic carbocycles. The number of piperazine rings is 1. The summed E-state index contributed by atoms with van der Waals surface area (Å²) >= 11 is 0. The Hall–Kier alpha value is -2.86. The molecular weight excluding hydrogens is 378 g/mol. The van der Waals surface area contributed by atoms with Crippen LogP contribution in [-0.2, 0) is 17.8 Å². The lowest BCUT2D eigenvalue weighted by molar-refractivity contribution is -0.121. The zero-order valence-electron chi connectivity index (χ0n) is 17.9. The van der Waals surface area contributed by atoms with Crippen molar-refractivity contribution in [3.8, 4) is 5.75 Å². The van der Waals surface area contributed by atoms with Gasteiger partial charge in [0.05, 0.1) is 6.61 Å². The number of hydrogen-bond donors (Lipinski definition) is 1. The molecule has 160 valence electrons. The van der Waals surface area contributed by atoms with Crippen LogP contribution < -0.4 is 10.1 Å². The lowest BCUT2D eigenvalue weighted by atomic mass is 10.1. The summed E-state index contributed by atoms with van der Waals surface area (Å²) in [7, 11) is 2.07. The first-order chi connectivity index (χ1) is 14.5. The third-order valence-electron chi connectivity index (χ3n) is 5.36. The summed E-state index contributed by atoms with van der Waals surface area (Å²) < 4.78 is 5.43. The largest absolute Gasteiger partial charge is 0.494 e. The molecule has 1 N–H and O–H groups in total. The van der Waals surface area contributed by atoms with E-state index in [9.17, 15) is 9.59 Å². The quantitative estimate of drug-likeness (QED) is 0.728. The maximum Gasteiger partial charge on any atom is 0.253 e. The van der Waals surface area contributed by atoms with Gasteiger partial charge >= 0.3 is 0 Å². The molecule has 2 amide bonds. The standard InChI is InChI=1S/C24H31N3O3/c1-3-30-22-11-6-19(7-12-22)8-13-23(28)25-18-20-4-9-21(10-5-20)24(29)27-16-14-26(2)15-17-27/h4-7,9-12H,3,8,13-18H2,1-2H3,(H,25,28). The molecule has 0 saturated carbocycles. The number of likely N-dealkylation sites (N-methyl/N-ethyl adjacent to an activating group) is 1. The van der Waals surface area contributed by atoms with Crippen molar-refractivity contribution in [3.05, 3.63) is 65.2 Å². The molecule has 0 unspecified atom stereocenters. The molecule has 0 bridgehead atoms. The van der Waals surface area contributed by atoms with Crippen molar-refractivity contribution in [2.75, 3.05) is 39.8 Å². The van der Waals surface area contributed by atoms with Gasteiger partial charge in [-0.15, -0.1) is 0 Å². The highest BCUT2D eigenvalue weighted by Gasteiger charge is 2.20. The van der Waals surface area contributed by atoms with E-state index in [1.54, 1.807) is 0 Å². The Balaban J connectivity index is 1.42. The van der Waals surface area contributed by atoms with Gasteiger partial charge in [0.25, 0.3) is 5.91 Å². The molecule has 1 fully saturated rings. The molecule has 6 heteroatoms. The van der Waals surface area contributed by atoms with Crippen molar-refractivity contribution in [1.82, 2.24) is 15.1 Å². The van der Waals surface area contributed by atoms with Crippen LogP contribution in [0.15, 0.2) is 48.5 Å². The summed E-state index contributed by atoms with van der Waals surface area (Å²) in [6, 6.07) is 15.4. The van der Waals surface area contributed by atoms with Crippen molar-refractivity contribution in [2.24, 2.45) is 0 Å². The smallest absolute Gasteiger partial charge is 0.253 e. The van der Waals surface area contributed by atoms with Gasteiger partial charge in [-0.25, -0.2) is 0 Å². The van der Waals surface area contributed by atoms with Gasteiger partial charge in [-0.05, 0) is 55.8 Å². The molecular formula is C24H31N3O3. The number of nitrogens with one attached hydrogen (secondary N) is 1. The predicted molar refractivity (Wildman–Crippen MR) is 118 cm³/mol. The Morgan fingerprint density at radius 1 is 0.933 bits per heavy atom. The number of carbonyl (C=O) groups is 2. The fourth-order valence-corrected chi connectivity index (χ4v) is 3.42. The highest BCUT2D eigenvalue weighted by Crippen LogP contribution is 2.14. The second-order valence-electron chi connectivity index (χ2n) is 7.65. The average Bonchev–Trinajstić information content (AvgIpc) is 2.78. The molecule has 30 heavy (non-hydrogen) atoms. The van der Waals surface area contributed by atoms with Crippen LogP contribution >= 0.6 is 0 Å². The minimum Gasteiger partial charge on any atom is -0.494 e. The van der Waals surface area contributed by atoms with E-state index in [4.69, 9.17) is 4.74 Å². The molecule has 1 aliphatic heterocycles. The number of aryl methyl sites for hydroxylation is 1. The van der Waals surface area contributed by atoms with E-state index in [-0.39, 0.29) is 11.8 Å². The van der Waals surface area contributed by atoms with Crippen LogP contribution in [0.2, 0.25) is 0 Å². The van der Waals surface area contributed by atoms with Crippen LogP contribution in [-0.4, -0.2) is 61.4 Å². The molecule has 3 rings (SSSR count). The van der Waals surface area contributed by atoms with Crippen LogP contribution in [0.1, 0.15) is 34.8 Å². The molecule has 2 aromatic rings. The highest BCUT2D eigenvalue weighted by atomic mass is 16.5. The van der Waals surface area contributed by atoms with Crippen LogP contribution in [0.25, 0.3) is 0 Å². The van der Waals surface area contributed by atoms with E-state index >= 15 is 0 Å². The normalized spacial score (nSPS) is 14.4. The average molecular weight is 410 g/mol. The summed E-state index contributed by atoms with van der Waals surface area (Å²) in [4.78, 5) is 28.9. The third-order valence-corrected chi connectivity index (χ3v) is 5.36. The number of amides is 2. The molecule has 6 nitrogen and oxygen atoms in total. The molecule has 0 spiro atoms. The first-order valence-electron chi connectivity index (χ1n) is 10.6. The summed E-state index contributed by atoms with van der Waals surface area (Å²) in [5, 5.41) is 2.95. The van der Waals surface area contributed by atoms with Crippen molar-refractivity contribution in [1.29, 1.82) is 0 Å². The number of rotatable bonds is 8. The fourth-order valence-electron chi connectivity index (χ4n) is 3.42. The van der Waals surface area contributed by atoms with Crippen molar-refractivity contribution >= 4 is 11.8 Å². The van der Waals surface area contributed by atoms with Gasteiger partial charge in [-0.2, -0.15) is 0 Å². The van der Waals surface area contributed by atoms with Crippen LogP contribution in [0.5, 0.6) is 5.75 Å². The monoisotopic (exact) mass is 409 g/mol. The van der Waals surface area contributed by atoms with Gasteiger partial charge in [0.1, 0.15) is 5.75 Å². The summed E-state index contributed by atoms with van der Waals surface area (Å²) in [6.07, 6.45) is 1.13. The number of carbonyl (C=O) groups excluding carboxylic acids is 2. The Morgan fingerprint density at radius 2 is 1.57 bits per heavy atom. The Bertz CT molecular complexity index is 826. The number of nitrogens with zero attached hydrogens (tertiary/aromatic N) is 2. The molecule has 0 radical (unpaired) electrons. The lowest BCUT2D eigenvalue weighted by Gasteiger charge is -2.32. The zero-order valence-corrected chi connectivity index (χ0v) is 17.9. The Labute approximate surface area is 178 Å². The maximum absolute atomic E-state index is 12.6. The van der Waals surface area contributed by atoms with E-state index < -0.39 is 0 Å². The second kappa shape index (κ2) is 10.8. The van der Waals surface area contributed by atoms with Crippen molar-refractivity contribution < 1.29 is 14.3 Å². The SMILES string of the molecule is CCOc1ccc(CCC(=O)NCc2ccc(C(=O)N3CCN(C)CC3)cc2)cc1. The van der Waals surface area contributed by atoms with Gasteiger partial charge in [0.2, 0.25) is 5.91 Å². The summed E-state index contributed by atoms with van der Waals surface area (Å²) in [5.41, 5.74) is 2.80. The molecule has 1 saturated heterocycles. The van der Waals surface area contributed by atoms with Crippen LogP contribution in [0.3, 0.4) is 0 Å². The number of benzene rings is 2. The van der Waals surface area contributed by atoms with Crippen LogP contribution in [0.4, 0.5) is 0 Å². The highest BCUT2D eigenvalue weighted by molar-refractivity contribution is 5.94. The van der Waals surface area contributed by atoms with E-state index in [0.717, 1.165) is 43.1 Å². The van der Waals surface area contributed by atoms with E-state index in [0.29, 0.717) is 31.6 Å². The molecule has 0 aromatic heterocycles. The van der Waals surface area contributed by atoms with Crippen LogP contribution in [0, 0.1) is 0 Å². The molecule has 1 aliphatic rings. The first kappa shape index (κ1) is 21.8. The minimum absolute atomic E-state index is 0.0153. The van der Waals surface area contributed by atoms with E-state index in [1.807, 2.05) is 60.4 Å². The predicted octanol–water partition coefficient (Wildman–Crippen LogP) is 2.72. The molecule has 0 atom stereocenters. The van der Waals surface area contributed by atoms with E-state index in [1.165, 1.54) is 0 Å². The van der Waals surface area contributed by atoms with Gasteiger partial charge < -0.3 is 19.9 Å². The minimum atomic E-state index is 0.0153. The topological polar surface area (TPSA) is 61.9 Å². The molecule has 1 heterocycles. The Morgan fingerprint density at radius 3 is 2.20 bits per heavy atom. The van der Waals surface area contributed by atoms with Crippen molar-refractivity contribution in [3.63, 3.8) is 0 Å². The van der Waals surface area contributed by atoms with Gasteiger partial charge in [-0.1, -0.05) is 24.3 Å². The second-order valence-corrected chi connectivity index (χ2v) is 7.65. The number of hydrogen-bond acceptors (Lipinski definition) is 4. The lowest BCUT2D eigenvalue weighted by Crippen LogP contribution is -2.47. The molecule has 0 aliphatic carbocycles. The number of ether oxygens (including phenoxy) is 1. The third kappa shape index (κ3) is 6.32. The van der Waals surface area contributed by atoms with Gasteiger partial charge in [0.15, 0.2) is 0 Å². The summed E-state index contributed by atoms with van der Waals surface area (Å²) in [6.45, 7) is 6.41. The van der Waals surface area contributed by atoms with Crippen molar-refractivity contribution in [2.45, 2.75) is 26.3 Å². The zero-order chi connectivity index (χ0) is 21.3. The van der Waals surface area contributed by atoms with Gasteiger partial charge in [-0.3, -0.25) is 9.59 Å².